The van der Waals surface area contributed by atoms with Crippen LogP contribution in [0.3, 0.4) is 0 Å². The van der Waals surface area contributed by atoms with Crippen molar-refractivity contribution in [2.24, 2.45) is 0 Å². The smallest absolute Gasteiger partial charge is 0.233 e. The second-order valence-electron chi connectivity index (χ2n) is 4.89. The van der Waals surface area contributed by atoms with Crippen molar-refractivity contribution in [1.29, 1.82) is 0 Å². The topological polar surface area (TPSA) is 50.4 Å². The van der Waals surface area contributed by atoms with Gasteiger partial charge in [0.15, 0.2) is 0 Å². The molecule has 0 bridgehead atoms. The fraction of sp³-hybridized carbons (Fsp3) is 0.533. The molecule has 0 spiro atoms. The summed E-state index contributed by atoms with van der Waals surface area (Å²) in [6.07, 6.45) is 3.08. The van der Waals surface area contributed by atoms with Crippen LogP contribution in [0.25, 0.3) is 0 Å². The third kappa shape index (κ3) is 3.47. The molecule has 4 heteroatoms. The molecule has 1 amide bonds. The average molecular weight is 262 g/mol. The Morgan fingerprint density at radius 3 is 3.05 bits per heavy atom. The van der Waals surface area contributed by atoms with Gasteiger partial charge in [0.25, 0.3) is 0 Å². The van der Waals surface area contributed by atoms with Gasteiger partial charge in [-0.25, -0.2) is 0 Å². The maximum absolute atomic E-state index is 11.6. The van der Waals surface area contributed by atoms with Gasteiger partial charge < -0.3 is 15.4 Å². The first-order chi connectivity index (χ1) is 9.24. The third-order valence-electron chi connectivity index (χ3n) is 3.51. The Labute approximate surface area is 114 Å². The first-order valence-corrected chi connectivity index (χ1v) is 6.91. The van der Waals surface area contributed by atoms with E-state index in [9.17, 15) is 4.79 Å². The Kier molecular flexibility index (Phi) is 4.80. The average Bonchev–Trinajstić information content (AvgIpc) is 2.84. The molecular formula is C15H22N2O2. The van der Waals surface area contributed by atoms with E-state index >= 15 is 0 Å². The molecule has 1 atom stereocenters. The van der Waals surface area contributed by atoms with Gasteiger partial charge in [0.1, 0.15) is 5.75 Å². The Balaban J connectivity index is 1.92. The highest BCUT2D eigenvalue weighted by Crippen LogP contribution is 2.33. The van der Waals surface area contributed by atoms with E-state index in [-0.39, 0.29) is 11.9 Å². The first kappa shape index (κ1) is 13.9. The van der Waals surface area contributed by atoms with Gasteiger partial charge in [-0.3, -0.25) is 4.79 Å². The van der Waals surface area contributed by atoms with Crippen LogP contribution in [0, 0.1) is 0 Å². The van der Waals surface area contributed by atoms with Crippen LogP contribution in [-0.2, 0) is 11.2 Å². The highest BCUT2D eigenvalue weighted by molar-refractivity contribution is 5.78. The highest BCUT2D eigenvalue weighted by atomic mass is 16.5. The molecule has 1 aliphatic rings. The summed E-state index contributed by atoms with van der Waals surface area (Å²) in [5.41, 5.74) is 2.62. The van der Waals surface area contributed by atoms with Gasteiger partial charge in [0.05, 0.1) is 13.7 Å². The number of nitrogens with one attached hydrogen (secondary N) is 2. The number of fused-ring (bicyclic) bond motifs is 1. The van der Waals surface area contributed by atoms with Crippen molar-refractivity contribution in [1.82, 2.24) is 10.6 Å². The minimum absolute atomic E-state index is 0.0678. The van der Waals surface area contributed by atoms with Crippen LogP contribution in [0.15, 0.2) is 18.2 Å². The van der Waals surface area contributed by atoms with E-state index in [4.69, 9.17) is 4.74 Å². The van der Waals surface area contributed by atoms with Crippen LogP contribution >= 0.6 is 0 Å². The quantitative estimate of drug-likeness (QED) is 0.822. The number of methoxy groups -OCH3 is 1. The summed E-state index contributed by atoms with van der Waals surface area (Å²) in [4.78, 5) is 11.6. The Morgan fingerprint density at radius 1 is 1.47 bits per heavy atom. The normalized spacial score (nSPS) is 17.1. The number of carbonyl (C=O) groups is 1. The maximum atomic E-state index is 11.6. The van der Waals surface area contributed by atoms with Crippen LogP contribution < -0.4 is 15.4 Å². The van der Waals surface area contributed by atoms with Crippen molar-refractivity contribution in [3.8, 4) is 5.75 Å². The lowest BCUT2D eigenvalue weighted by atomic mass is 10.1. The zero-order chi connectivity index (χ0) is 13.7. The molecule has 2 rings (SSSR count). The summed E-state index contributed by atoms with van der Waals surface area (Å²) in [7, 11) is 1.68. The number of benzene rings is 1. The van der Waals surface area contributed by atoms with Crippen LogP contribution in [0.5, 0.6) is 5.75 Å². The predicted molar refractivity (Wildman–Crippen MR) is 75.4 cm³/mol. The second kappa shape index (κ2) is 6.57. The monoisotopic (exact) mass is 262 g/mol. The van der Waals surface area contributed by atoms with Crippen molar-refractivity contribution in [2.45, 2.75) is 32.2 Å². The van der Waals surface area contributed by atoms with Gasteiger partial charge in [-0.2, -0.15) is 0 Å². The number of ether oxygens (including phenoxy) is 1. The standard InChI is InChI=1S/C15H22N2O2/c1-3-8-16-15(18)10-17-14-7-5-11-4-6-12(19-2)9-13(11)14/h4,6,9,14,17H,3,5,7-8,10H2,1-2H3,(H,16,18). The number of carbonyl (C=O) groups excluding carboxylic acids is 1. The van der Waals surface area contributed by atoms with E-state index in [0.29, 0.717) is 6.54 Å². The molecule has 2 N–H and O–H groups in total. The van der Waals surface area contributed by atoms with Crippen LogP contribution in [0.4, 0.5) is 0 Å². The summed E-state index contributed by atoms with van der Waals surface area (Å²) in [6, 6.07) is 6.45. The fourth-order valence-corrected chi connectivity index (χ4v) is 2.46. The first-order valence-electron chi connectivity index (χ1n) is 6.91. The predicted octanol–water partition coefficient (Wildman–Crippen LogP) is 1.80. The molecule has 0 saturated heterocycles. The SMILES string of the molecule is CCCNC(=O)CNC1CCc2ccc(OC)cc21. The lowest BCUT2D eigenvalue weighted by Gasteiger charge is -2.14. The number of hydrogen-bond acceptors (Lipinski definition) is 3. The lowest BCUT2D eigenvalue weighted by Crippen LogP contribution is -2.35. The fourth-order valence-electron chi connectivity index (χ4n) is 2.46. The van der Waals surface area contributed by atoms with E-state index in [2.05, 4.69) is 22.8 Å². The lowest BCUT2D eigenvalue weighted by molar-refractivity contribution is -0.120. The number of aryl methyl sites for hydroxylation is 1. The molecule has 1 aromatic carbocycles. The third-order valence-corrected chi connectivity index (χ3v) is 3.51. The van der Waals surface area contributed by atoms with Crippen molar-refractivity contribution >= 4 is 5.91 Å². The summed E-state index contributed by atoms with van der Waals surface area (Å²) >= 11 is 0. The molecule has 1 aromatic rings. The molecule has 0 aromatic heterocycles. The molecule has 0 radical (unpaired) electrons. The number of amides is 1. The van der Waals surface area contributed by atoms with Gasteiger partial charge in [0.2, 0.25) is 5.91 Å². The number of hydrogen-bond donors (Lipinski definition) is 2. The van der Waals surface area contributed by atoms with E-state index in [1.807, 2.05) is 13.0 Å². The van der Waals surface area contributed by atoms with Crippen molar-refractivity contribution in [3.63, 3.8) is 0 Å². The van der Waals surface area contributed by atoms with Crippen LogP contribution in [0.2, 0.25) is 0 Å². The molecule has 104 valence electrons. The molecule has 19 heavy (non-hydrogen) atoms. The minimum Gasteiger partial charge on any atom is -0.497 e. The molecule has 0 fully saturated rings. The largest absolute Gasteiger partial charge is 0.497 e. The highest BCUT2D eigenvalue weighted by Gasteiger charge is 2.22. The Hall–Kier alpha value is -1.55. The summed E-state index contributed by atoms with van der Waals surface area (Å²) < 4.78 is 5.26. The summed E-state index contributed by atoms with van der Waals surface area (Å²) in [5.74, 6) is 0.945. The minimum atomic E-state index is 0.0678. The molecule has 0 aliphatic heterocycles. The molecule has 1 aliphatic carbocycles. The summed E-state index contributed by atoms with van der Waals surface area (Å²) in [6.45, 7) is 3.17. The van der Waals surface area contributed by atoms with E-state index in [0.717, 1.165) is 31.6 Å². The van der Waals surface area contributed by atoms with Crippen molar-refractivity contribution in [3.05, 3.63) is 29.3 Å². The molecule has 1 unspecified atom stereocenters. The number of rotatable bonds is 6. The van der Waals surface area contributed by atoms with Crippen molar-refractivity contribution < 1.29 is 9.53 Å². The van der Waals surface area contributed by atoms with Crippen LogP contribution in [0.1, 0.15) is 36.9 Å². The van der Waals surface area contributed by atoms with Gasteiger partial charge >= 0.3 is 0 Å². The second-order valence-corrected chi connectivity index (χ2v) is 4.89. The van der Waals surface area contributed by atoms with Gasteiger partial charge in [-0.15, -0.1) is 0 Å². The molecular weight excluding hydrogens is 240 g/mol. The van der Waals surface area contributed by atoms with E-state index in [1.54, 1.807) is 7.11 Å². The van der Waals surface area contributed by atoms with Gasteiger partial charge in [0, 0.05) is 12.6 Å². The molecule has 0 heterocycles. The van der Waals surface area contributed by atoms with E-state index in [1.165, 1.54) is 11.1 Å². The van der Waals surface area contributed by atoms with Crippen molar-refractivity contribution in [2.75, 3.05) is 20.2 Å². The maximum Gasteiger partial charge on any atom is 0.233 e. The Morgan fingerprint density at radius 2 is 2.32 bits per heavy atom. The zero-order valence-corrected chi connectivity index (χ0v) is 11.7. The van der Waals surface area contributed by atoms with Gasteiger partial charge in [-0.1, -0.05) is 13.0 Å². The zero-order valence-electron chi connectivity index (χ0n) is 11.7. The molecule has 4 nitrogen and oxygen atoms in total. The van der Waals surface area contributed by atoms with E-state index < -0.39 is 0 Å². The molecule has 0 saturated carbocycles. The van der Waals surface area contributed by atoms with Crippen LogP contribution in [-0.4, -0.2) is 26.1 Å². The Bertz CT molecular complexity index is 446. The van der Waals surface area contributed by atoms with Gasteiger partial charge in [-0.05, 0) is 42.5 Å². The summed E-state index contributed by atoms with van der Waals surface area (Å²) in [5, 5.41) is 6.21.